The van der Waals surface area contributed by atoms with Crippen molar-refractivity contribution >= 4 is 38.9 Å². The van der Waals surface area contributed by atoms with Crippen LogP contribution in [0, 0.1) is 0 Å². The van der Waals surface area contributed by atoms with Crippen LogP contribution in [0.3, 0.4) is 0 Å². The minimum atomic E-state index is -3.44. The third-order valence-electron chi connectivity index (χ3n) is 10.7. The van der Waals surface area contributed by atoms with Crippen molar-refractivity contribution in [2.75, 3.05) is 23.4 Å². The van der Waals surface area contributed by atoms with Gasteiger partial charge >= 0.3 is 0 Å². The van der Waals surface area contributed by atoms with Gasteiger partial charge in [-0.2, -0.15) is 8.78 Å². The molecule has 0 fully saturated rings. The van der Waals surface area contributed by atoms with E-state index in [9.17, 15) is 0 Å². The monoisotopic (exact) mass is 707 g/mol. The molecule has 2 aromatic heterocycles. The molecule has 3 heterocycles. The standard InChI is InChI=1S/C47H46F2N4/c1-29(2)32-24-39(30(3)4)46(40(25-32)31(5)6)33-22-35(26-36(23-33)52-28-51(7)42-16-10-11-17-43(42)52)47(48,49)34-19-20-38-37-14-8-9-15-41(37)53(44(38)27-34)45-18-12-13-21-50-45/h8-27,29-31H,28H2,1-7H3/i7D3. The fourth-order valence-corrected chi connectivity index (χ4v) is 7.88. The summed E-state index contributed by atoms with van der Waals surface area (Å²) in [5.41, 5.74) is 7.90. The Bertz CT molecular complexity index is 2560. The summed E-state index contributed by atoms with van der Waals surface area (Å²) < 4.78 is 62.3. The summed E-state index contributed by atoms with van der Waals surface area (Å²) in [7, 11) is 0. The van der Waals surface area contributed by atoms with E-state index in [4.69, 9.17) is 4.11 Å². The Hall–Kier alpha value is -5.49. The largest absolute Gasteiger partial charge is 0.355 e. The van der Waals surface area contributed by atoms with Crippen LogP contribution in [0.25, 0.3) is 38.8 Å². The summed E-state index contributed by atoms with van der Waals surface area (Å²) in [5.74, 6) is -2.29. The second kappa shape index (κ2) is 13.2. The van der Waals surface area contributed by atoms with Gasteiger partial charge in [-0.1, -0.05) is 102 Å². The van der Waals surface area contributed by atoms with Gasteiger partial charge in [0.15, 0.2) is 0 Å². The number of alkyl halides is 2. The summed E-state index contributed by atoms with van der Waals surface area (Å²) in [5, 5.41) is 1.80. The van der Waals surface area contributed by atoms with E-state index in [1.807, 2.05) is 70.1 Å². The van der Waals surface area contributed by atoms with Gasteiger partial charge in [-0.3, -0.25) is 4.57 Å². The number of nitrogens with zero attached hydrogens (tertiary/aromatic N) is 4. The maximum Gasteiger partial charge on any atom is 0.298 e. The number of anilines is 3. The molecule has 1 aliphatic rings. The minimum Gasteiger partial charge on any atom is -0.355 e. The van der Waals surface area contributed by atoms with Crippen molar-refractivity contribution in [3.63, 3.8) is 0 Å². The fraction of sp³-hybridized carbons (Fsp3) is 0.255. The molecule has 0 saturated heterocycles. The normalized spacial score (nSPS) is 14.4. The zero-order valence-electron chi connectivity index (χ0n) is 34.0. The summed E-state index contributed by atoms with van der Waals surface area (Å²) in [6, 6.07) is 35.3. The first-order chi connectivity index (χ1) is 26.6. The van der Waals surface area contributed by atoms with E-state index in [0.29, 0.717) is 34.0 Å². The van der Waals surface area contributed by atoms with Crippen LogP contribution in [0.1, 0.15) is 91.2 Å². The van der Waals surface area contributed by atoms with E-state index in [1.165, 1.54) is 22.6 Å². The topological polar surface area (TPSA) is 24.3 Å². The summed E-state index contributed by atoms with van der Waals surface area (Å²) in [6.07, 6.45) is 1.70. The fourth-order valence-electron chi connectivity index (χ4n) is 7.88. The van der Waals surface area contributed by atoms with Crippen LogP contribution in [0.4, 0.5) is 25.8 Å². The molecule has 0 unspecified atom stereocenters. The van der Waals surface area contributed by atoms with E-state index < -0.39 is 12.9 Å². The third kappa shape index (κ3) is 5.85. The summed E-state index contributed by atoms with van der Waals surface area (Å²) >= 11 is 0. The second-order valence-electron chi connectivity index (χ2n) is 15.1. The summed E-state index contributed by atoms with van der Waals surface area (Å²) in [4.78, 5) is 7.80. The van der Waals surface area contributed by atoms with Crippen molar-refractivity contribution in [2.24, 2.45) is 0 Å². The van der Waals surface area contributed by atoms with Gasteiger partial charge in [-0.05, 0) is 100 Å². The molecular weight excluding hydrogens is 659 g/mol. The van der Waals surface area contributed by atoms with E-state index in [-0.39, 0.29) is 35.5 Å². The Kier molecular flexibility index (Phi) is 7.72. The zero-order chi connectivity index (χ0) is 39.7. The van der Waals surface area contributed by atoms with Crippen LogP contribution < -0.4 is 9.80 Å². The lowest BCUT2D eigenvalue weighted by Crippen LogP contribution is -2.24. The molecule has 4 nitrogen and oxygen atoms in total. The van der Waals surface area contributed by atoms with Crippen LogP contribution in [-0.4, -0.2) is 23.2 Å². The molecule has 0 aliphatic carbocycles. The van der Waals surface area contributed by atoms with Crippen LogP contribution >= 0.6 is 0 Å². The maximum atomic E-state index is 17.7. The molecule has 0 atom stereocenters. The zero-order valence-corrected chi connectivity index (χ0v) is 31.0. The molecule has 0 bridgehead atoms. The number of fused-ring (bicyclic) bond motifs is 4. The molecule has 1 aliphatic heterocycles. The van der Waals surface area contributed by atoms with E-state index >= 15 is 8.78 Å². The highest BCUT2D eigenvalue weighted by Gasteiger charge is 2.37. The number of benzene rings is 5. The maximum absolute atomic E-state index is 17.7. The van der Waals surface area contributed by atoms with Crippen LogP contribution in [0.15, 0.2) is 121 Å². The Balaban J connectivity index is 1.39. The van der Waals surface area contributed by atoms with E-state index in [0.717, 1.165) is 33.0 Å². The Morgan fingerprint density at radius 2 is 1.34 bits per heavy atom. The quantitative estimate of drug-likeness (QED) is 0.157. The van der Waals surface area contributed by atoms with Gasteiger partial charge in [0.05, 0.1) is 29.1 Å². The van der Waals surface area contributed by atoms with Crippen molar-refractivity contribution in [1.82, 2.24) is 9.55 Å². The minimum absolute atomic E-state index is 0.0131. The molecule has 7 aromatic rings. The van der Waals surface area contributed by atoms with Gasteiger partial charge in [0.1, 0.15) is 5.82 Å². The number of pyridine rings is 1. The average molecular weight is 708 g/mol. The van der Waals surface area contributed by atoms with Crippen LogP contribution in [0.2, 0.25) is 0 Å². The molecule has 268 valence electrons. The number of hydrogen-bond acceptors (Lipinski definition) is 3. The molecule has 6 heteroatoms. The molecule has 53 heavy (non-hydrogen) atoms. The Labute approximate surface area is 315 Å². The molecular formula is C47H46F2N4. The van der Waals surface area contributed by atoms with E-state index in [1.54, 1.807) is 36.5 Å². The number of para-hydroxylation sites is 3. The predicted molar refractivity (Wildman–Crippen MR) is 218 cm³/mol. The van der Waals surface area contributed by atoms with Crippen molar-refractivity contribution in [3.8, 4) is 16.9 Å². The Morgan fingerprint density at radius 1 is 0.660 bits per heavy atom. The molecule has 5 aromatic carbocycles. The number of hydrogen-bond donors (Lipinski definition) is 0. The lowest BCUT2D eigenvalue weighted by atomic mass is 9.81. The highest BCUT2D eigenvalue weighted by molar-refractivity contribution is 6.09. The van der Waals surface area contributed by atoms with Gasteiger partial charge in [0, 0.05) is 44.9 Å². The van der Waals surface area contributed by atoms with Gasteiger partial charge < -0.3 is 9.80 Å². The van der Waals surface area contributed by atoms with Crippen LogP contribution in [-0.2, 0) is 5.92 Å². The van der Waals surface area contributed by atoms with Gasteiger partial charge in [-0.15, -0.1) is 0 Å². The lowest BCUT2D eigenvalue weighted by Gasteiger charge is -2.27. The van der Waals surface area contributed by atoms with E-state index in [2.05, 4.69) is 58.7 Å². The highest BCUT2D eigenvalue weighted by Crippen LogP contribution is 2.47. The molecule has 0 amide bonds. The smallest absolute Gasteiger partial charge is 0.298 e. The molecule has 0 N–H and O–H groups in total. The summed E-state index contributed by atoms with van der Waals surface area (Å²) in [6.45, 7) is 10.5. The second-order valence-corrected chi connectivity index (χ2v) is 15.1. The number of aromatic nitrogens is 2. The molecule has 0 spiro atoms. The molecule has 8 rings (SSSR count). The van der Waals surface area contributed by atoms with Crippen molar-refractivity contribution in [1.29, 1.82) is 0 Å². The number of halogens is 2. The first kappa shape index (κ1) is 31.1. The van der Waals surface area contributed by atoms with Crippen molar-refractivity contribution in [3.05, 3.63) is 149 Å². The van der Waals surface area contributed by atoms with Crippen LogP contribution in [0.5, 0.6) is 0 Å². The predicted octanol–water partition coefficient (Wildman–Crippen LogP) is 12.9. The van der Waals surface area contributed by atoms with Crippen molar-refractivity contribution in [2.45, 2.75) is 65.2 Å². The third-order valence-corrected chi connectivity index (χ3v) is 10.7. The first-order valence-corrected chi connectivity index (χ1v) is 18.5. The SMILES string of the molecule is [2H]C([2H])([2H])N1CN(c2cc(-c3c(C(C)C)cc(C(C)C)cc3C(C)C)cc(C(F)(F)c3ccc4c5ccccc5n(-c5ccccn5)c4c3)c2)c2ccccc21. The highest BCUT2D eigenvalue weighted by atomic mass is 19.3. The number of rotatable bonds is 8. The average Bonchev–Trinajstić information content (AvgIpc) is 3.74. The van der Waals surface area contributed by atoms with Gasteiger partial charge in [-0.25, -0.2) is 4.98 Å². The van der Waals surface area contributed by atoms with Gasteiger partial charge in [0.25, 0.3) is 5.92 Å². The first-order valence-electron chi connectivity index (χ1n) is 20.0. The van der Waals surface area contributed by atoms with Crippen molar-refractivity contribution < 1.29 is 12.9 Å². The molecule has 0 saturated carbocycles. The molecule has 0 radical (unpaired) electrons. The lowest BCUT2D eigenvalue weighted by molar-refractivity contribution is 0.0430. The Morgan fingerprint density at radius 3 is 2.02 bits per heavy atom. The van der Waals surface area contributed by atoms with Gasteiger partial charge in [0.2, 0.25) is 0 Å².